The maximum absolute atomic E-state index is 12.1. The summed E-state index contributed by atoms with van der Waals surface area (Å²) in [5.74, 6) is 0.443. The largest absolute Gasteiger partial charge is 0.454 e. The van der Waals surface area contributed by atoms with Crippen LogP contribution in [0.25, 0.3) is 22.3 Å². The number of hydrogen-bond donors (Lipinski definition) is 3. The average Bonchev–Trinajstić information content (AvgIpc) is 2.40. The van der Waals surface area contributed by atoms with Crippen molar-refractivity contribution in [2.75, 3.05) is 17.2 Å². The Labute approximate surface area is 114 Å². The summed E-state index contributed by atoms with van der Waals surface area (Å²) in [5, 5.41) is 0.377. The summed E-state index contributed by atoms with van der Waals surface area (Å²) in [5.41, 5.74) is 19.5. The maximum atomic E-state index is 12.1. The van der Waals surface area contributed by atoms with Gasteiger partial charge in [-0.1, -0.05) is 0 Å². The van der Waals surface area contributed by atoms with Crippen LogP contribution in [0.15, 0.2) is 51.7 Å². The lowest BCUT2D eigenvalue weighted by atomic mass is 10.1. The molecule has 5 nitrogen and oxygen atoms in total. The second-order valence-corrected chi connectivity index (χ2v) is 4.58. The van der Waals surface area contributed by atoms with E-state index in [1.807, 2.05) is 0 Å². The zero-order valence-corrected chi connectivity index (χ0v) is 10.6. The highest BCUT2D eigenvalue weighted by atomic mass is 16.3. The fourth-order valence-corrected chi connectivity index (χ4v) is 2.10. The van der Waals surface area contributed by atoms with Gasteiger partial charge in [-0.2, -0.15) is 0 Å². The van der Waals surface area contributed by atoms with Crippen LogP contribution in [0.4, 0.5) is 17.1 Å². The standard InChI is InChI=1S/C15H13N3O2/c16-9-3-1-8(2-4-9)14-7-13(19)11-5-10(17)6-12(18)15(11)20-14/h1-7H,16-18H2. The van der Waals surface area contributed by atoms with Gasteiger partial charge in [0.2, 0.25) is 0 Å². The predicted octanol–water partition coefficient (Wildman–Crippen LogP) is 2.21. The van der Waals surface area contributed by atoms with Gasteiger partial charge in [0, 0.05) is 23.0 Å². The molecule has 1 heterocycles. The van der Waals surface area contributed by atoms with Crippen LogP contribution < -0.4 is 22.6 Å². The molecule has 0 fully saturated rings. The number of rotatable bonds is 1. The Balaban J connectivity index is 2.29. The van der Waals surface area contributed by atoms with E-state index in [9.17, 15) is 4.79 Å². The summed E-state index contributed by atoms with van der Waals surface area (Å²) in [6.07, 6.45) is 0. The molecule has 2 aromatic carbocycles. The van der Waals surface area contributed by atoms with Crippen LogP contribution in [-0.2, 0) is 0 Å². The van der Waals surface area contributed by atoms with Gasteiger partial charge >= 0.3 is 0 Å². The quantitative estimate of drug-likeness (QED) is 0.586. The molecule has 0 unspecified atom stereocenters. The summed E-state index contributed by atoms with van der Waals surface area (Å²) in [7, 11) is 0. The van der Waals surface area contributed by atoms with E-state index in [1.165, 1.54) is 6.07 Å². The molecule has 5 heteroatoms. The molecule has 0 saturated carbocycles. The fraction of sp³-hybridized carbons (Fsp3) is 0. The van der Waals surface area contributed by atoms with Gasteiger partial charge in [0.05, 0.1) is 11.1 Å². The second kappa shape index (κ2) is 4.31. The molecule has 0 aliphatic rings. The maximum Gasteiger partial charge on any atom is 0.193 e. The number of nitrogen functional groups attached to an aromatic ring is 3. The van der Waals surface area contributed by atoms with E-state index < -0.39 is 0 Å². The van der Waals surface area contributed by atoms with Crippen molar-refractivity contribution in [2.45, 2.75) is 0 Å². The van der Waals surface area contributed by atoms with E-state index in [1.54, 1.807) is 36.4 Å². The first-order chi connectivity index (χ1) is 9.54. The number of benzene rings is 2. The van der Waals surface area contributed by atoms with E-state index in [0.29, 0.717) is 33.8 Å². The highest BCUT2D eigenvalue weighted by Gasteiger charge is 2.10. The first kappa shape index (κ1) is 12.1. The molecule has 6 N–H and O–H groups in total. The third-order valence-electron chi connectivity index (χ3n) is 3.07. The van der Waals surface area contributed by atoms with Gasteiger partial charge in [-0.15, -0.1) is 0 Å². The third-order valence-corrected chi connectivity index (χ3v) is 3.07. The molecular weight excluding hydrogens is 254 g/mol. The van der Waals surface area contributed by atoms with E-state index >= 15 is 0 Å². The van der Waals surface area contributed by atoms with Crippen molar-refractivity contribution >= 4 is 28.0 Å². The zero-order valence-electron chi connectivity index (χ0n) is 10.6. The van der Waals surface area contributed by atoms with Crippen LogP contribution in [0.1, 0.15) is 0 Å². The molecule has 0 radical (unpaired) electrons. The third kappa shape index (κ3) is 1.95. The Morgan fingerprint density at radius 1 is 0.850 bits per heavy atom. The normalized spacial score (nSPS) is 10.8. The molecule has 0 bridgehead atoms. The Morgan fingerprint density at radius 2 is 1.55 bits per heavy atom. The SMILES string of the molecule is Nc1ccc(-c2cc(=O)c3cc(N)cc(N)c3o2)cc1. The molecule has 3 aromatic rings. The molecule has 0 aliphatic heterocycles. The van der Waals surface area contributed by atoms with Crippen LogP contribution in [0.5, 0.6) is 0 Å². The monoisotopic (exact) mass is 267 g/mol. The lowest BCUT2D eigenvalue weighted by molar-refractivity contribution is 0.620. The zero-order chi connectivity index (χ0) is 14.3. The number of anilines is 3. The second-order valence-electron chi connectivity index (χ2n) is 4.58. The molecule has 100 valence electrons. The van der Waals surface area contributed by atoms with Gasteiger partial charge in [0.15, 0.2) is 11.0 Å². The van der Waals surface area contributed by atoms with Crippen molar-refractivity contribution in [1.29, 1.82) is 0 Å². The molecule has 1 aromatic heterocycles. The smallest absolute Gasteiger partial charge is 0.193 e. The fourth-order valence-electron chi connectivity index (χ4n) is 2.10. The van der Waals surface area contributed by atoms with E-state index in [-0.39, 0.29) is 5.43 Å². The highest BCUT2D eigenvalue weighted by molar-refractivity contribution is 5.91. The molecule has 3 rings (SSSR count). The van der Waals surface area contributed by atoms with Gasteiger partial charge in [0.25, 0.3) is 0 Å². The van der Waals surface area contributed by atoms with Gasteiger partial charge in [-0.3, -0.25) is 4.79 Å². The Kier molecular flexibility index (Phi) is 2.61. The Morgan fingerprint density at radius 3 is 2.25 bits per heavy atom. The van der Waals surface area contributed by atoms with Gasteiger partial charge in [-0.05, 0) is 36.4 Å². The summed E-state index contributed by atoms with van der Waals surface area (Å²) >= 11 is 0. The van der Waals surface area contributed by atoms with Gasteiger partial charge < -0.3 is 21.6 Å². The molecule has 0 spiro atoms. The molecule has 20 heavy (non-hydrogen) atoms. The predicted molar refractivity (Wildman–Crippen MR) is 81.2 cm³/mol. The Bertz CT molecular complexity index is 851. The van der Waals surface area contributed by atoms with Crippen molar-refractivity contribution in [3.63, 3.8) is 0 Å². The minimum atomic E-state index is -0.183. The van der Waals surface area contributed by atoms with Crippen LogP contribution in [0.2, 0.25) is 0 Å². The van der Waals surface area contributed by atoms with E-state index in [0.717, 1.165) is 5.56 Å². The molecule has 0 saturated heterocycles. The van der Waals surface area contributed by atoms with Crippen LogP contribution >= 0.6 is 0 Å². The number of nitrogens with two attached hydrogens (primary N) is 3. The Hall–Kier alpha value is -2.95. The average molecular weight is 267 g/mol. The first-order valence-corrected chi connectivity index (χ1v) is 6.03. The van der Waals surface area contributed by atoms with Crippen molar-refractivity contribution in [1.82, 2.24) is 0 Å². The molecule has 0 aliphatic carbocycles. The highest BCUT2D eigenvalue weighted by Crippen LogP contribution is 2.27. The topological polar surface area (TPSA) is 108 Å². The number of hydrogen-bond acceptors (Lipinski definition) is 5. The van der Waals surface area contributed by atoms with Gasteiger partial charge in [0.1, 0.15) is 5.76 Å². The minimum absolute atomic E-state index is 0.183. The molecule has 0 atom stereocenters. The van der Waals surface area contributed by atoms with E-state index in [4.69, 9.17) is 21.6 Å². The first-order valence-electron chi connectivity index (χ1n) is 6.03. The van der Waals surface area contributed by atoms with Gasteiger partial charge in [-0.25, -0.2) is 0 Å². The minimum Gasteiger partial charge on any atom is -0.454 e. The van der Waals surface area contributed by atoms with Crippen LogP contribution in [0.3, 0.4) is 0 Å². The van der Waals surface area contributed by atoms with Crippen LogP contribution in [0, 0.1) is 0 Å². The van der Waals surface area contributed by atoms with Crippen molar-refractivity contribution in [3.8, 4) is 11.3 Å². The molecule has 0 amide bonds. The molecular formula is C15H13N3O2. The van der Waals surface area contributed by atoms with Crippen molar-refractivity contribution in [3.05, 3.63) is 52.7 Å². The lowest BCUT2D eigenvalue weighted by Crippen LogP contribution is -2.03. The van der Waals surface area contributed by atoms with E-state index in [2.05, 4.69) is 0 Å². The number of fused-ring (bicyclic) bond motifs is 1. The summed E-state index contributed by atoms with van der Waals surface area (Å²) < 4.78 is 5.73. The van der Waals surface area contributed by atoms with Crippen molar-refractivity contribution < 1.29 is 4.42 Å². The van der Waals surface area contributed by atoms with Crippen LogP contribution in [-0.4, -0.2) is 0 Å². The van der Waals surface area contributed by atoms with Crippen molar-refractivity contribution in [2.24, 2.45) is 0 Å². The summed E-state index contributed by atoms with van der Waals surface area (Å²) in [6.45, 7) is 0. The summed E-state index contributed by atoms with van der Waals surface area (Å²) in [6, 6.07) is 11.6. The summed E-state index contributed by atoms with van der Waals surface area (Å²) in [4.78, 5) is 12.1. The lowest BCUT2D eigenvalue weighted by Gasteiger charge is -2.06.